The van der Waals surface area contributed by atoms with Crippen molar-refractivity contribution in [2.75, 3.05) is 0 Å². The van der Waals surface area contributed by atoms with E-state index in [4.69, 9.17) is 0 Å². The van der Waals surface area contributed by atoms with E-state index < -0.39 is 14.3 Å². The Morgan fingerprint density at radius 2 is 0.680 bits per heavy atom. The first kappa shape index (κ1) is 16.7. The van der Waals surface area contributed by atoms with Crippen LogP contribution in [0, 0.1) is 32.0 Å². The first-order valence-corrected chi connectivity index (χ1v) is 11.1. The average Bonchev–Trinajstić information content (AvgIpc) is 2.70. The molecular formula is C24H15Ge. The average molecular weight is 376 g/mol. The molecule has 0 heterocycles. The van der Waals surface area contributed by atoms with E-state index in [2.05, 4.69) is 32.0 Å². The number of rotatable bonds is 0. The predicted octanol–water partition coefficient (Wildman–Crippen LogP) is 4.25. The van der Waals surface area contributed by atoms with Crippen molar-refractivity contribution in [3.05, 3.63) is 108 Å². The van der Waals surface area contributed by atoms with Crippen molar-refractivity contribution in [2.45, 2.75) is 0 Å². The molecule has 0 amide bonds. The van der Waals surface area contributed by atoms with Gasteiger partial charge in [-0.2, -0.15) is 0 Å². The van der Waals surface area contributed by atoms with Crippen LogP contribution in [0.2, 0.25) is 0 Å². The summed E-state index contributed by atoms with van der Waals surface area (Å²) in [5.41, 5.74) is 3.03. The van der Waals surface area contributed by atoms with Crippen molar-refractivity contribution in [1.82, 2.24) is 0 Å². The normalized spacial score (nSPS) is 9.00. The molecule has 3 aromatic carbocycles. The molecule has 0 fully saturated rings. The third kappa shape index (κ3) is 5.78. The summed E-state index contributed by atoms with van der Waals surface area (Å²) in [4.78, 5) is 0. The second kappa shape index (κ2) is 9.24. The molecule has 0 nitrogen and oxygen atoms in total. The standard InChI is InChI=1S/C24H15Ge/c1-4-10-22(11-5-1)16-19-25(20-17-23-12-6-2-7-13-23)21-18-24-14-8-3-9-15-24/h1-15H. The van der Waals surface area contributed by atoms with E-state index in [0.717, 1.165) is 16.7 Å². The Kier molecular flexibility index (Phi) is 6.19. The van der Waals surface area contributed by atoms with Gasteiger partial charge in [0.2, 0.25) is 0 Å². The van der Waals surface area contributed by atoms with Gasteiger partial charge in [-0.1, -0.05) is 0 Å². The van der Waals surface area contributed by atoms with E-state index in [1.165, 1.54) is 0 Å². The molecule has 3 aromatic rings. The first-order valence-electron chi connectivity index (χ1n) is 7.98. The summed E-state index contributed by atoms with van der Waals surface area (Å²) in [5, 5.41) is 0. The fraction of sp³-hybridized carbons (Fsp3) is 0. The Morgan fingerprint density at radius 1 is 0.400 bits per heavy atom. The Balaban J connectivity index is 1.88. The molecule has 0 saturated heterocycles. The van der Waals surface area contributed by atoms with Gasteiger partial charge in [0.25, 0.3) is 0 Å². The van der Waals surface area contributed by atoms with Crippen LogP contribution in [0.25, 0.3) is 0 Å². The molecule has 0 N–H and O–H groups in total. The van der Waals surface area contributed by atoms with Gasteiger partial charge in [0.1, 0.15) is 0 Å². The molecule has 3 rings (SSSR count). The van der Waals surface area contributed by atoms with E-state index in [1.54, 1.807) is 0 Å². The second-order valence-electron chi connectivity index (χ2n) is 5.22. The number of hydrogen-bond donors (Lipinski definition) is 0. The third-order valence-electron chi connectivity index (χ3n) is 3.32. The maximum atomic E-state index is 3.35. The summed E-state index contributed by atoms with van der Waals surface area (Å²) >= 11 is -2.13. The van der Waals surface area contributed by atoms with Gasteiger partial charge in [-0.3, -0.25) is 0 Å². The summed E-state index contributed by atoms with van der Waals surface area (Å²) < 4.78 is 10.0. The second-order valence-corrected chi connectivity index (χ2v) is 8.37. The monoisotopic (exact) mass is 377 g/mol. The van der Waals surface area contributed by atoms with Gasteiger partial charge < -0.3 is 0 Å². The van der Waals surface area contributed by atoms with Crippen molar-refractivity contribution in [3.63, 3.8) is 0 Å². The van der Waals surface area contributed by atoms with E-state index in [9.17, 15) is 0 Å². The van der Waals surface area contributed by atoms with Crippen LogP contribution in [0.4, 0.5) is 0 Å². The van der Waals surface area contributed by atoms with Crippen molar-refractivity contribution < 1.29 is 0 Å². The van der Waals surface area contributed by atoms with Gasteiger partial charge >= 0.3 is 154 Å². The molecule has 0 aliphatic rings. The van der Waals surface area contributed by atoms with Gasteiger partial charge in [0.05, 0.1) is 0 Å². The van der Waals surface area contributed by atoms with Gasteiger partial charge in [-0.15, -0.1) is 0 Å². The van der Waals surface area contributed by atoms with Crippen LogP contribution in [0.15, 0.2) is 91.0 Å². The minimum absolute atomic E-state index is 1.01. The zero-order valence-electron chi connectivity index (χ0n) is 13.7. The molecule has 0 aliphatic carbocycles. The molecule has 0 spiro atoms. The molecule has 0 aromatic heterocycles. The molecule has 0 unspecified atom stereocenters. The van der Waals surface area contributed by atoms with E-state index >= 15 is 0 Å². The number of benzene rings is 3. The first-order chi connectivity index (χ1) is 12.4. The van der Waals surface area contributed by atoms with Crippen molar-refractivity contribution in [2.24, 2.45) is 0 Å². The summed E-state index contributed by atoms with van der Waals surface area (Å²) in [5.74, 6) is 9.71. The Hall–Kier alpha value is -3.12. The van der Waals surface area contributed by atoms with Crippen LogP contribution >= 0.6 is 0 Å². The summed E-state index contributed by atoms with van der Waals surface area (Å²) in [6.45, 7) is 0. The molecule has 1 heteroatoms. The van der Waals surface area contributed by atoms with Crippen LogP contribution in [0.1, 0.15) is 16.7 Å². The maximum absolute atomic E-state index is 3.35. The van der Waals surface area contributed by atoms with Crippen molar-refractivity contribution in [3.8, 4) is 32.0 Å². The fourth-order valence-corrected chi connectivity index (χ4v) is 4.15. The van der Waals surface area contributed by atoms with E-state index in [-0.39, 0.29) is 0 Å². The predicted molar refractivity (Wildman–Crippen MR) is 106 cm³/mol. The summed E-state index contributed by atoms with van der Waals surface area (Å²) in [6, 6.07) is 30.0. The molecule has 1 radical (unpaired) electrons. The fourth-order valence-electron chi connectivity index (χ4n) is 2.06. The summed E-state index contributed by atoms with van der Waals surface area (Å²) in [7, 11) is 0. The van der Waals surface area contributed by atoms with E-state index in [1.807, 2.05) is 91.0 Å². The molecule has 0 bridgehead atoms. The molecule has 0 atom stereocenters. The molecule has 0 aliphatic heterocycles. The van der Waals surface area contributed by atoms with Crippen molar-refractivity contribution >= 4 is 14.3 Å². The van der Waals surface area contributed by atoms with Crippen LogP contribution < -0.4 is 0 Å². The SMILES string of the molecule is C(#[C][Ge]([C]#Cc1ccccc1)[C]#Cc1ccccc1)c1ccccc1. The molecule has 115 valence electrons. The Morgan fingerprint density at radius 3 is 0.960 bits per heavy atom. The van der Waals surface area contributed by atoms with Gasteiger partial charge in [-0.05, 0) is 0 Å². The van der Waals surface area contributed by atoms with Crippen LogP contribution in [-0.4, -0.2) is 14.3 Å². The molecule has 25 heavy (non-hydrogen) atoms. The van der Waals surface area contributed by atoms with E-state index in [0.29, 0.717) is 0 Å². The van der Waals surface area contributed by atoms with Gasteiger partial charge in [0, 0.05) is 0 Å². The van der Waals surface area contributed by atoms with Crippen molar-refractivity contribution in [1.29, 1.82) is 0 Å². The quantitative estimate of drug-likeness (QED) is 0.407. The molecular weight excluding hydrogens is 361 g/mol. The van der Waals surface area contributed by atoms with Crippen LogP contribution in [0.5, 0.6) is 0 Å². The third-order valence-corrected chi connectivity index (χ3v) is 5.68. The van der Waals surface area contributed by atoms with Gasteiger partial charge in [-0.25, -0.2) is 0 Å². The zero-order chi connectivity index (χ0) is 17.2. The van der Waals surface area contributed by atoms with Gasteiger partial charge in [0.15, 0.2) is 0 Å². The number of hydrogen-bond acceptors (Lipinski definition) is 0. The van der Waals surface area contributed by atoms with Crippen LogP contribution in [0.3, 0.4) is 0 Å². The van der Waals surface area contributed by atoms with Crippen LogP contribution in [-0.2, 0) is 0 Å². The Labute approximate surface area is 154 Å². The topological polar surface area (TPSA) is 0 Å². The summed E-state index contributed by atoms with van der Waals surface area (Å²) in [6.07, 6.45) is 0. The molecule has 0 saturated carbocycles. The Bertz CT molecular complexity index is 850. The minimum atomic E-state index is -2.13. The zero-order valence-corrected chi connectivity index (χ0v) is 15.8.